The van der Waals surface area contributed by atoms with Gasteiger partial charge in [-0.3, -0.25) is 0 Å². The number of rotatable bonds is 2. The molecule has 1 saturated heterocycles. The SMILES string of the molecule is CC1CCC(NC2CSC2)CC1C. The zero-order valence-corrected chi connectivity index (χ0v) is 9.57. The van der Waals surface area contributed by atoms with Crippen LogP contribution < -0.4 is 5.32 Å². The van der Waals surface area contributed by atoms with E-state index in [9.17, 15) is 0 Å². The first-order valence-corrected chi connectivity index (χ1v) is 6.75. The van der Waals surface area contributed by atoms with Crippen LogP contribution in [-0.2, 0) is 0 Å². The Morgan fingerprint density at radius 3 is 2.31 bits per heavy atom. The summed E-state index contributed by atoms with van der Waals surface area (Å²) in [5.74, 6) is 4.58. The number of thioether (sulfide) groups is 1. The van der Waals surface area contributed by atoms with Gasteiger partial charge in [0.15, 0.2) is 0 Å². The molecule has 1 N–H and O–H groups in total. The lowest BCUT2D eigenvalue weighted by Crippen LogP contribution is -2.48. The fourth-order valence-corrected chi connectivity index (χ4v) is 3.03. The molecule has 3 atom stereocenters. The third-order valence-corrected chi connectivity index (χ3v) is 4.98. The number of hydrogen-bond donors (Lipinski definition) is 1. The summed E-state index contributed by atoms with van der Waals surface area (Å²) in [6.45, 7) is 4.81. The summed E-state index contributed by atoms with van der Waals surface area (Å²) in [5.41, 5.74) is 0. The van der Waals surface area contributed by atoms with Crippen molar-refractivity contribution in [3.05, 3.63) is 0 Å². The molecule has 0 aromatic carbocycles. The second-order valence-electron chi connectivity index (χ2n) is 4.87. The van der Waals surface area contributed by atoms with Crippen LogP contribution in [0.1, 0.15) is 33.1 Å². The molecule has 1 saturated carbocycles. The van der Waals surface area contributed by atoms with Crippen molar-refractivity contribution in [1.29, 1.82) is 0 Å². The molecular formula is C11H21NS. The molecule has 1 aliphatic heterocycles. The van der Waals surface area contributed by atoms with Gasteiger partial charge in [0.2, 0.25) is 0 Å². The summed E-state index contributed by atoms with van der Waals surface area (Å²) in [6, 6.07) is 1.67. The van der Waals surface area contributed by atoms with Crippen LogP contribution >= 0.6 is 11.8 Å². The van der Waals surface area contributed by atoms with E-state index < -0.39 is 0 Å². The molecule has 2 heteroatoms. The summed E-state index contributed by atoms with van der Waals surface area (Å²) >= 11 is 2.07. The average Bonchev–Trinajstić information content (AvgIpc) is 2.04. The van der Waals surface area contributed by atoms with Crippen LogP contribution in [0.5, 0.6) is 0 Å². The van der Waals surface area contributed by atoms with Gasteiger partial charge in [0.25, 0.3) is 0 Å². The summed E-state index contributed by atoms with van der Waals surface area (Å²) in [5, 5.41) is 3.79. The highest BCUT2D eigenvalue weighted by atomic mass is 32.2. The summed E-state index contributed by atoms with van der Waals surface area (Å²) in [7, 11) is 0. The Balaban J connectivity index is 1.74. The van der Waals surface area contributed by atoms with Crippen LogP contribution in [0.15, 0.2) is 0 Å². The first-order valence-electron chi connectivity index (χ1n) is 5.59. The van der Waals surface area contributed by atoms with E-state index in [1.165, 1.54) is 30.8 Å². The van der Waals surface area contributed by atoms with E-state index >= 15 is 0 Å². The van der Waals surface area contributed by atoms with Gasteiger partial charge in [-0.15, -0.1) is 0 Å². The second-order valence-corrected chi connectivity index (χ2v) is 5.94. The lowest BCUT2D eigenvalue weighted by molar-refractivity contribution is 0.219. The standard InChI is InChI=1S/C11H21NS/c1-8-3-4-10(5-9(8)2)12-11-6-13-7-11/h8-12H,3-7H2,1-2H3. The third kappa shape index (κ3) is 2.41. The molecule has 2 rings (SSSR count). The Labute approximate surface area is 86.0 Å². The Kier molecular flexibility index (Phi) is 3.20. The van der Waals surface area contributed by atoms with Gasteiger partial charge in [0.05, 0.1) is 0 Å². The second kappa shape index (κ2) is 4.22. The van der Waals surface area contributed by atoms with Crippen molar-refractivity contribution in [3.8, 4) is 0 Å². The van der Waals surface area contributed by atoms with Gasteiger partial charge >= 0.3 is 0 Å². The maximum absolute atomic E-state index is 3.79. The van der Waals surface area contributed by atoms with Crippen molar-refractivity contribution in [2.45, 2.75) is 45.2 Å². The lowest BCUT2D eigenvalue weighted by atomic mass is 9.79. The summed E-state index contributed by atoms with van der Waals surface area (Å²) in [6.07, 6.45) is 4.24. The van der Waals surface area contributed by atoms with Crippen LogP contribution in [0.25, 0.3) is 0 Å². The van der Waals surface area contributed by atoms with Crippen molar-refractivity contribution in [3.63, 3.8) is 0 Å². The van der Waals surface area contributed by atoms with E-state index in [-0.39, 0.29) is 0 Å². The predicted octanol–water partition coefficient (Wildman–Crippen LogP) is 2.52. The average molecular weight is 199 g/mol. The molecule has 0 amide bonds. The Bertz CT molecular complexity index is 165. The van der Waals surface area contributed by atoms with Crippen LogP contribution in [0, 0.1) is 11.8 Å². The first kappa shape index (κ1) is 9.85. The number of nitrogens with one attached hydrogen (secondary N) is 1. The van der Waals surface area contributed by atoms with E-state index in [1.54, 1.807) is 0 Å². The molecule has 0 bridgehead atoms. The van der Waals surface area contributed by atoms with Crippen molar-refractivity contribution in [2.24, 2.45) is 11.8 Å². The zero-order chi connectivity index (χ0) is 9.26. The fraction of sp³-hybridized carbons (Fsp3) is 1.00. The normalized spacial score (nSPS) is 41.5. The highest BCUT2D eigenvalue weighted by Gasteiger charge is 2.27. The van der Waals surface area contributed by atoms with Gasteiger partial charge in [0.1, 0.15) is 0 Å². The molecule has 13 heavy (non-hydrogen) atoms. The van der Waals surface area contributed by atoms with E-state index in [4.69, 9.17) is 0 Å². The van der Waals surface area contributed by atoms with Gasteiger partial charge in [-0.1, -0.05) is 13.8 Å². The monoisotopic (exact) mass is 199 g/mol. The Morgan fingerprint density at radius 2 is 1.77 bits per heavy atom. The first-order chi connectivity index (χ1) is 6.25. The van der Waals surface area contributed by atoms with Crippen LogP contribution in [-0.4, -0.2) is 23.6 Å². The van der Waals surface area contributed by atoms with Crippen LogP contribution in [0.3, 0.4) is 0 Å². The summed E-state index contributed by atoms with van der Waals surface area (Å²) < 4.78 is 0. The fourth-order valence-electron chi connectivity index (χ4n) is 2.36. The van der Waals surface area contributed by atoms with E-state index in [0.717, 1.165) is 23.9 Å². The molecule has 3 unspecified atom stereocenters. The minimum atomic E-state index is 0.831. The van der Waals surface area contributed by atoms with E-state index in [2.05, 4.69) is 30.9 Å². The molecule has 0 spiro atoms. The molecule has 0 radical (unpaired) electrons. The minimum absolute atomic E-state index is 0.831. The van der Waals surface area contributed by atoms with Crippen molar-refractivity contribution >= 4 is 11.8 Å². The van der Waals surface area contributed by atoms with Gasteiger partial charge in [-0.05, 0) is 31.1 Å². The van der Waals surface area contributed by atoms with Gasteiger partial charge in [-0.2, -0.15) is 11.8 Å². The van der Waals surface area contributed by atoms with Gasteiger partial charge in [0, 0.05) is 23.6 Å². The minimum Gasteiger partial charge on any atom is -0.310 e. The number of hydrogen-bond acceptors (Lipinski definition) is 2. The van der Waals surface area contributed by atoms with Gasteiger partial charge < -0.3 is 5.32 Å². The molecular weight excluding hydrogens is 178 g/mol. The van der Waals surface area contributed by atoms with Gasteiger partial charge in [-0.25, -0.2) is 0 Å². The maximum atomic E-state index is 3.79. The smallest absolute Gasteiger partial charge is 0.0251 e. The van der Waals surface area contributed by atoms with E-state index in [0.29, 0.717) is 0 Å². The Morgan fingerprint density at radius 1 is 1.00 bits per heavy atom. The molecule has 2 fully saturated rings. The van der Waals surface area contributed by atoms with Crippen LogP contribution in [0.4, 0.5) is 0 Å². The van der Waals surface area contributed by atoms with Crippen molar-refractivity contribution in [2.75, 3.05) is 11.5 Å². The quantitative estimate of drug-likeness (QED) is 0.733. The predicted molar refractivity (Wildman–Crippen MR) is 60.2 cm³/mol. The van der Waals surface area contributed by atoms with E-state index in [1.807, 2.05) is 0 Å². The highest BCUT2D eigenvalue weighted by molar-refractivity contribution is 8.00. The van der Waals surface area contributed by atoms with Crippen molar-refractivity contribution in [1.82, 2.24) is 5.32 Å². The molecule has 1 heterocycles. The molecule has 1 aliphatic carbocycles. The van der Waals surface area contributed by atoms with Crippen LogP contribution in [0.2, 0.25) is 0 Å². The topological polar surface area (TPSA) is 12.0 Å². The molecule has 76 valence electrons. The maximum Gasteiger partial charge on any atom is 0.0251 e. The lowest BCUT2D eigenvalue weighted by Gasteiger charge is -2.37. The zero-order valence-electron chi connectivity index (χ0n) is 8.75. The molecule has 1 nitrogen and oxygen atoms in total. The largest absolute Gasteiger partial charge is 0.310 e. The molecule has 2 aliphatic rings. The highest BCUT2D eigenvalue weighted by Crippen LogP contribution is 2.30. The molecule has 0 aromatic rings. The summed E-state index contributed by atoms with van der Waals surface area (Å²) in [4.78, 5) is 0. The molecule has 0 aromatic heterocycles. The Hall–Kier alpha value is 0.310. The third-order valence-electron chi connectivity index (χ3n) is 3.71. The van der Waals surface area contributed by atoms with Crippen molar-refractivity contribution < 1.29 is 0 Å².